The standard InChI is InChI=1S/C18H12Cl2S3/c19-13-5-9-15(10-6-13)21-17-3-1-2-4-18(17)23-22-16-11-7-14(20)8-12-16/h1-12H. The molecule has 0 spiro atoms. The van der Waals surface area contributed by atoms with Crippen LogP contribution in [0.25, 0.3) is 0 Å². The van der Waals surface area contributed by atoms with Crippen molar-refractivity contribution in [1.82, 2.24) is 0 Å². The van der Waals surface area contributed by atoms with Gasteiger partial charge in [-0.25, -0.2) is 0 Å². The molecule has 116 valence electrons. The van der Waals surface area contributed by atoms with Crippen LogP contribution in [0.3, 0.4) is 0 Å². The van der Waals surface area contributed by atoms with E-state index in [9.17, 15) is 0 Å². The first-order chi connectivity index (χ1) is 11.2. The maximum Gasteiger partial charge on any atom is 0.0406 e. The zero-order chi connectivity index (χ0) is 16.1. The van der Waals surface area contributed by atoms with Crippen LogP contribution in [0.5, 0.6) is 0 Å². The summed E-state index contributed by atoms with van der Waals surface area (Å²) in [6, 6.07) is 24.2. The van der Waals surface area contributed by atoms with Crippen molar-refractivity contribution in [3.63, 3.8) is 0 Å². The average molecular weight is 395 g/mol. The molecule has 0 unspecified atom stereocenters. The minimum atomic E-state index is 0.760. The van der Waals surface area contributed by atoms with Crippen molar-refractivity contribution in [3.8, 4) is 0 Å². The number of hydrogen-bond donors (Lipinski definition) is 0. The number of rotatable bonds is 5. The van der Waals surface area contributed by atoms with Gasteiger partial charge in [-0.15, -0.1) is 0 Å². The molecular formula is C18H12Cl2S3. The molecule has 0 amide bonds. The lowest BCUT2D eigenvalue weighted by Gasteiger charge is -2.08. The van der Waals surface area contributed by atoms with E-state index in [1.54, 1.807) is 33.3 Å². The van der Waals surface area contributed by atoms with E-state index in [0.717, 1.165) is 10.0 Å². The first kappa shape index (κ1) is 17.1. The zero-order valence-corrected chi connectivity index (χ0v) is 15.9. The van der Waals surface area contributed by atoms with E-state index in [-0.39, 0.29) is 0 Å². The van der Waals surface area contributed by atoms with Gasteiger partial charge in [-0.1, -0.05) is 68.7 Å². The monoisotopic (exact) mass is 394 g/mol. The predicted molar refractivity (Wildman–Crippen MR) is 105 cm³/mol. The van der Waals surface area contributed by atoms with Gasteiger partial charge < -0.3 is 0 Å². The highest BCUT2D eigenvalue weighted by atomic mass is 35.5. The highest BCUT2D eigenvalue weighted by Gasteiger charge is 2.06. The summed E-state index contributed by atoms with van der Waals surface area (Å²) in [6.45, 7) is 0. The van der Waals surface area contributed by atoms with Gasteiger partial charge in [0.25, 0.3) is 0 Å². The molecule has 0 saturated heterocycles. The Kier molecular flexibility index (Phi) is 6.26. The summed E-state index contributed by atoms with van der Waals surface area (Å²) in [5, 5.41) is 1.52. The van der Waals surface area contributed by atoms with Gasteiger partial charge in [-0.05, 0) is 60.7 Å². The van der Waals surface area contributed by atoms with Crippen LogP contribution >= 0.6 is 56.6 Å². The van der Waals surface area contributed by atoms with E-state index in [2.05, 4.69) is 24.3 Å². The largest absolute Gasteiger partial charge is 0.0889 e. The second-order valence-electron chi connectivity index (χ2n) is 4.62. The second kappa shape index (κ2) is 8.41. The van der Waals surface area contributed by atoms with E-state index >= 15 is 0 Å². The lowest BCUT2D eigenvalue weighted by molar-refractivity contribution is 1.25. The van der Waals surface area contributed by atoms with Crippen LogP contribution in [0.1, 0.15) is 0 Å². The van der Waals surface area contributed by atoms with Crippen molar-refractivity contribution in [2.75, 3.05) is 0 Å². The third-order valence-corrected chi connectivity index (χ3v) is 7.10. The fourth-order valence-electron chi connectivity index (χ4n) is 1.82. The van der Waals surface area contributed by atoms with Crippen LogP contribution in [0, 0.1) is 0 Å². The Morgan fingerprint density at radius 1 is 0.522 bits per heavy atom. The van der Waals surface area contributed by atoms with Crippen molar-refractivity contribution in [3.05, 3.63) is 82.8 Å². The summed E-state index contributed by atoms with van der Waals surface area (Å²) < 4.78 is 0. The molecule has 23 heavy (non-hydrogen) atoms. The molecule has 0 N–H and O–H groups in total. The molecule has 0 aliphatic rings. The summed E-state index contributed by atoms with van der Waals surface area (Å²) in [7, 11) is 3.49. The number of halogens is 2. The van der Waals surface area contributed by atoms with Crippen LogP contribution in [-0.2, 0) is 0 Å². The van der Waals surface area contributed by atoms with Gasteiger partial charge in [0.05, 0.1) is 0 Å². The molecule has 0 heterocycles. The summed E-state index contributed by atoms with van der Waals surface area (Å²) in [5.41, 5.74) is 0. The van der Waals surface area contributed by atoms with E-state index in [0.29, 0.717) is 0 Å². The van der Waals surface area contributed by atoms with Gasteiger partial charge in [-0.2, -0.15) is 0 Å². The van der Waals surface area contributed by atoms with Crippen LogP contribution in [0.15, 0.2) is 92.4 Å². The molecule has 0 saturated carbocycles. The normalized spacial score (nSPS) is 10.7. The molecule has 0 aliphatic heterocycles. The minimum Gasteiger partial charge on any atom is -0.0889 e. The first-order valence-corrected chi connectivity index (χ1v) is 10.6. The Bertz CT molecular complexity index is 771. The lowest BCUT2D eigenvalue weighted by atomic mass is 10.4. The smallest absolute Gasteiger partial charge is 0.0406 e. The zero-order valence-electron chi connectivity index (χ0n) is 11.9. The summed E-state index contributed by atoms with van der Waals surface area (Å²) >= 11 is 13.6. The Hall–Kier alpha value is -0.710. The lowest BCUT2D eigenvalue weighted by Crippen LogP contribution is -1.78. The van der Waals surface area contributed by atoms with Crippen LogP contribution in [0.2, 0.25) is 10.0 Å². The number of hydrogen-bond acceptors (Lipinski definition) is 3. The van der Waals surface area contributed by atoms with Crippen molar-refractivity contribution in [2.24, 2.45) is 0 Å². The molecular weight excluding hydrogens is 383 g/mol. The second-order valence-corrected chi connectivity index (χ2v) is 8.86. The highest BCUT2D eigenvalue weighted by Crippen LogP contribution is 2.43. The van der Waals surface area contributed by atoms with Crippen molar-refractivity contribution in [2.45, 2.75) is 19.6 Å². The third-order valence-electron chi connectivity index (χ3n) is 2.93. The SMILES string of the molecule is Clc1ccc(SSc2ccccc2Sc2ccc(Cl)cc2)cc1. The molecule has 3 aromatic carbocycles. The van der Waals surface area contributed by atoms with E-state index in [1.807, 2.05) is 48.5 Å². The van der Waals surface area contributed by atoms with Gasteiger partial charge >= 0.3 is 0 Å². The Balaban J connectivity index is 1.72. The summed E-state index contributed by atoms with van der Waals surface area (Å²) in [6.07, 6.45) is 0. The quantitative estimate of drug-likeness (QED) is 0.402. The maximum atomic E-state index is 5.95. The van der Waals surface area contributed by atoms with Crippen LogP contribution in [-0.4, -0.2) is 0 Å². The average Bonchev–Trinajstić information content (AvgIpc) is 2.58. The molecule has 5 heteroatoms. The summed E-state index contributed by atoms with van der Waals surface area (Å²) in [5.74, 6) is 0. The van der Waals surface area contributed by atoms with Gasteiger partial charge in [-0.3, -0.25) is 0 Å². The molecule has 0 fully saturated rings. The number of benzene rings is 3. The molecule has 3 rings (SSSR count). The van der Waals surface area contributed by atoms with Gasteiger partial charge in [0.2, 0.25) is 0 Å². The molecule has 0 atom stereocenters. The minimum absolute atomic E-state index is 0.760. The fourth-order valence-corrected chi connectivity index (χ4v) is 5.36. The molecule has 3 aromatic rings. The van der Waals surface area contributed by atoms with Gasteiger partial charge in [0.15, 0.2) is 0 Å². The van der Waals surface area contributed by atoms with Crippen molar-refractivity contribution >= 4 is 56.6 Å². The first-order valence-electron chi connectivity index (χ1n) is 6.83. The summed E-state index contributed by atoms with van der Waals surface area (Å²) in [4.78, 5) is 4.85. The van der Waals surface area contributed by atoms with Gasteiger partial charge in [0.1, 0.15) is 0 Å². The molecule has 0 nitrogen and oxygen atoms in total. The molecule has 0 aliphatic carbocycles. The van der Waals surface area contributed by atoms with Gasteiger partial charge in [0, 0.05) is 29.6 Å². The topological polar surface area (TPSA) is 0 Å². The fraction of sp³-hybridized carbons (Fsp3) is 0. The Morgan fingerprint density at radius 3 is 1.65 bits per heavy atom. The predicted octanol–water partition coefficient (Wildman–Crippen LogP) is 7.94. The van der Waals surface area contributed by atoms with E-state index in [4.69, 9.17) is 23.2 Å². The molecule has 0 aromatic heterocycles. The Morgan fingerprint density at radius 2 is 1.04 bits per heavy atom. The molecule has 0 bridgehead atoms. The highest BCUT2D eigenvalue weighted by molar-refractivity contribution is 8.76. The van der Waals surface area contributed by atoms with Crippen LogP contribution in [0.4, 0.5) is 0 Å². The van der Waals surface area contributed by atoms with Crippen LogP contribution < -0.4 is 0 Å². The van der Waals surface area contributed by atoms with E-state index < -0.39 is 0 Å². The Labute approximate surface area is 158 Å². The van der Waals surface area contributed by atoms with Crippen molar-refractivity contribution in [1.29, 1.82) is 0 Å². The molecule has 0 radical (unpaired) electrons. The van der Waals surface area contributed by atoms with E-state index in [1.165, 1.54) is 19.6 Å². The van der Waals surface area contributed by atoms with Crippen molar-refractivity contribution < 1.29 is 0 Å². The third kappa shape index (κ3) is 5.13. The maximum absolute atomic E-state index is 5.95.